The van der Waals surface area contributed by atoms with Gasteiger partial charge in [0.05, 0.1) is 27.1 Å². The number of aliphatic imine (C=N–C) groups is 1. The van der Waals surface area contributed by atoms with Crippen LogP contribution in [0.3, 0.4) is 0 Å². The van der Waals surface area contributed by atoms with E-state index in [1.165, 1.54) is 14.7 Å². The summed E-state index contributed by atoms with van der Waals surface area (Å²) in [7, 11) is -2.95. The summed E-state index contributed by atoms with van der Waals surface area (Å²) in [6, 6.07) is 21.4. The molecule has 0 aliphatic carbocycles. The Morgan fingerprint density at radius 3 is 2.45 bits per heavy atom. The van der Waals surface area contributed by atoms with Gasteiger partial charge >= 0.3 is 5.69 Å². The van der Waals surface area contributed by atoms with Crippen LogP contribution in [0.5, 0.6) is 0 Å². The van der Waals surface area contributed by atoms with E-state index in [4.69, 9.17) is 20.2 Å². The van der Waals surface area contributed by atoms with Gasteiger partial charge in [0.15, 0.2) is 0 Å². The van der Waals surface area contributed by atoms with Crippen molar-refractivity contribution in [2.45, 2.75) is 70.4 Å². The number of hydrogen-bond donors (Lipinski definition) is 2. The molecule has 2 aliphatic heterocycles. The molecule has 3 aromatic heterocycles. The average Bonchev–Trinajstić information content (AvgIpc) is 3.82. The zero-order chi connectivity index (χ0) is 42.3. The van der Waals surface area contributed by atoms with Gasteiger partial charge in [-0.05, 0) is 122 Å². The second-order valence-electron chi connectivity index (χ2n) is 15.7. The Morgan fingerprint density at radius 1 is 1.03 bits per heavy atom. The third-order valence-electron chi connectivity index (χ3n) is 11.8. The summed E-state index contributed by atoms with van der Waals surface area (Å²) in [5.41, 5.74) is 12.7. The Hall–Kier alpha value is -6.12. The standard InChI is InChI=1S/C46H49FN8O4S/c1-5-60(49,58)38-11-9-37(10-12-38)53-19-20-54(46(53)57)44(51-36-23-29(2)43(47)30(3)24-36)42-31(4)52(18-14-39(42)48)45(56)41-26-35-25-34(33-15-21-59-22-16-33)8-13-40(35)55(41)28-32-7-6-17-50-27-32/h6-13,17,19-20,23-27,31,33,49H,5,14-16,18,21-22,28,48H2,1-4H3/t31-,60+/m0/s1. The molecule has 0 unspecified atom stereocenters. The van der Waals surface area contributed by atoms with Gasteiger partial charge in [-0.25, -0.2) is 23.2 Å². The predicted molar refractivity (Wildman–Crippen MR) is 232 cm³/mol. The van der Waals surface area contributed by atoms with Crippen LogP contribution in [-0.4, -0.2) is 71.1 Å². The quantitative estimate of drug-likeness (QED) is 0.112. The number of nitrogens with two attached hydrogens (primary N) is 1. The van der Waals surface area contributed by atoms with Gasteiger partial charge in [-0.15, -0.1) is 0 Å². The number of aromatic nitrogens is 4. The Kier molecular flexibility index (Phi) is 11.2. The Bertz CT molecular complexity index is 2810. The molecule has 0 radical (unpaired) electrons. The van der Waals surface area contributed by atoms with Crippen molar-refractivity contribution >= 4 is 38.1 Å². The zero-order valence-corrected chi connectivity index (χ0v) is 35.0. The first-order valence-electron chi connectivity index (χ1n) is 20.3. The highest BCUT2D eigenvalue weighted by atomic mass is 32.2. The second-order valence-corrected chi connectivity index (χ2v) is 18.1. The number of imidazole rings is 1. The van der Waals surface area contributed by atoms with E-state index < -0.39 is 21.5 Å². The summed E-state index contributed by atoms with van der Waals surface area (Å²) in [5.74, 6) is 0.221. The molecule has 3 aromatic carbocycles. The Balaban J connectivity index is 1.21. The molecule has 6 aromatic rings. The van der Waals surface area contributed by atoms with Crippen LogP contribution < -0.4 is 11.4 Å². The van der Waals surface area contributed by atoms with E-state index in [9.17, 15) is 13.4 Å². The first-order valence-corrected chi connectivity index (χ1v) is 22.0. The van der Waals surface area contributed by atoms with Gasteiger partial charge in [0, 0.05) is 90.3 Å². The van der Waals surface area contributed by atoms with Crippen molar-refractivity contribution in [3.63, 3.8) is 0 Å². The van der Waals surface area contributed by atoms with Gasteiger partial charge in [0.25, 0.3) is 5.91 Å². The number of nitrogens with one attached hydrogen (secondary N) is 1. The molecule has 0 spiro atoms. The van der Waals surface area contributed by atoms with Crippen LogP contribution in [0.25, 0.3) is 16.6 Å². The van der Waals surface area contributed by atoms with E-state index in [0.29, 0.717) is 69.8 Å². The number of fused-ring (bicyclic) bond motifs is 1. The maximum Gasteiger partial charge on any atom is 0.338 e. The van der Waals surface area contributed by atoms with Crippen molar-refractivity contribution in [3.05, 3.63) is 153 Å². The van der Waals surface area contributed by atoms with E-state index >= 15 is 4.79 Å². The van der Waals surface area contributed by atoms with Gasteiger partial charge in [-0.3, -0.25) is 18.9 Å². The van der Waals surface area contributed by atoms with E-state index in [1.807, 2.05) is 29.7 Å². The molecule has 5 heterocycles. The Morgan fingerprint density at radius 2 is 1.77 bits per heavy atom. The molecule has 0 bridgehead atoms. The monoisotopic (exact) mass is 828 g/mol. The van der Waals surface area contributed by atoms with Gasteiger partial charge < -0.3 is 19.9 Å². The van der Waals surface area contributed by atoms with Gasteiger partial charge in [0.2, 0.25) is 0 Å². The van der Waals surface area contributed by atoms with Crippen molar-refractivity contribution in [2.75, 3.05) is 25.5 Å². The number of aryl methyl sites for hydroxylation is 2. The highest BCUT2D eigenvalue weighted by Gasteiger charge is 2.35. The van der Waals surface area contributed by atoms with Crippen molar-refractivity contribution < 1.29 is 18.1 Å². The normalized spacial score (nSPS) is 17.6. The minimum absolute atomic E-state index is 0.170. The molecule has 2 aliphatic rings. The molecular formula is C46H49FN8O4S. The molecule has 12 nitrogen and oxygen atoms in total. The van der Waals surface area contributed by atoms with Crippen LogP contribution in [0.15, 0.2) is 124 Å². The van der Waals surface area contributed by atoms with E-state index in [1.54, 1.807) is 86.9 Å². The maximum absolute atomic E-state index is 15.1. The van der Waals surface area contributed by atoms with Crippen LogP contribution >= 0.6 is 0 Å². The lowest BCUT2D eigenvalue weighted by Crippen LogP contribution is -2.48. The maximum atomic E-state index is 15.1. The summed E-state index contributed by atoms with van der Waals surface area (Å²) in [6.45, 7) is 9.13. The number of carbonyl (C=O) groups is 1. The third kappa shape index (κ3) is 7.72. The lowest BCUT2D eigenvalue weighted by atomic mass is 9.91. The predicted octanol–water partition coefficient (Wildman–Crippen LogP) is 7.84. The zero-order valence-electron chi connectivity index (χ0n) is 34.2. The fourth-order valence-corrected chi connectivity index (χ4v) is 9.34. The fourth-order valence-electron chi connectivity index (χ4n) is 8.43. The van der Waals surface area contributed by atoms with Crippen LogP contribution in [-0.2, 0) is 21.0 Å². The molecule has 8 rings (SSSR count). The van der Waals surface area contributed by atoms with E-state index in [0.717, 1.165) is 42.5 Å². The molecule has 1 amide bonds. The number of nitrogens with zero attached hydrogens (tertiary/aromatic N) is 6. The molecular weight excluding hydrogens is 780 g/mol. The van der Waals surface area contributed by atoms with E-state index in [-0.39, 0.29) is 23.3 Å². The molecule has 14 heteroatoms. The molecule has 1 saturated heterocycles. The SMILES string of the molecule is CC[S@@](=N)(=O)c1ccc(-n2ccn(C(=Nc3cc(C)c(F)c(C)c3)C3=C(N)CCN(C(=O)c4cc5cc(C6CCOCC6)ccc5n4Cc4cccnc4)[C@H]3C)c2=O)cc1. The van der Waals surface area contributed by atoms with Crippen molar-refractivity contribution in [3.8, 4) is 5.69 Å². The summed E-state index contributed by atoms with van der Waals surface area (Å²) in [5, 5.41) is 0.969. The molecule has 1 fully saturated rings. The number of rotatable bonds is 9. The number of amides is 1. The van der Waals surface area contributed by atoms with Gasteiger partial charge in [0.1, 0.15) is 17.3 Å². The van der Waals surface area contributed by atoms with Crippen LogP contribution in [0, 0.1) is 24.4 Å². The minimum atomic E-state index is -2.95. The van der Waals surface area contributed by atoms with Crippen molar-refractivity contribution in [1.29, 1.82) is 4.78 Å². The van der Waals surface area contributed by atoms with Crippen LogP contribution in [0.4, 0.5) is 10.1 Å². The highest BCUT2D eigenvalue weighted by Crippen LogP contribution is 2.33. The summed E-state index contributed by atoms with van der Waals surface area (Å²) in [6.07, 6.45) is 8.94. The number of halogens is 1. The first-order chi connectivity index (χ1) is 28.8. The summed E-state index contributed by atoms with van der Waals surface area (Å²) >= 11 is 0. The first kappa shape index (κ1) is 40.7. The third-order valence-corrected chi connectivity index (χ3v) is 13.7. The smallest absolute Gasteiger partial charge is 0.338 e. The Labute approximate surface area is 348 Å². The van der Waals surface area contributed by atoms with Crippen molar-refractivity contribution in [1.82, 2.24) is 23.6 Å². The number of pyridine rings is 1. The lowest BCUT2D eigenvalue weighted by Gasteiger charge is -2.36. The molecule has 60 heavy (non-hydrogen) atoms. The van der Waals surface area contributed by atoms with Gasteiger partial charge in [-0.2, -0.15) is 0 Å². The van der Waals surface area contributed by atoms with Crippen molar-refractivity contribution in [2.24, 2.45) is 10.7 Å². The van der Waals surface area contributed by atoms with Crippen LogP contribution in [0.2, 0.25) is 0 Å². The molecule has 2 atom stereocenters. The molecule has 0 saturated carbocycles. The number of ether oxygens (including phenoxy) is 1. The highest BCUT2D eigenvalue weighted by molar-refractivity contribution is 7.92. The summed E-state index contributed by atoms with van der Waals surface area (Å²) < 4.78 is 46.3. The molecule has 310 valence electrons. The second kappa shape index (κ2) is 16.5. The summed E-state index contributed by atoms with van der Waals surface area (Å²) in [4.78, 5) is 41.0. The number of hydrogen-bond acceptors (Lipinski definition) is 8. The topological polar surface area (TPSA) is 154 Å². The number of carbonyl (C=O) groups excluding carboxylic acids is 1. The minimum Gasteiger partial charge on any atom is -0.402 e. The average molecular weight is 829 g/mol. The van der Waals surface area contributed by atoms with Gasteiger partial charge in [-0.1, -0.05) is 19.1 Å². The van der Waals surface area contributed by atoms with Crippen LogP contribution in [0.1, 0.15) is 71.8 Å². The largest absolute Gasteiger partial charge is 0.402 e. The lowest BCUT2D eigenvalue weighted by molar-refractivity contribution is 0.0700. The fraction of sp³-hybridized carbons (Fsp3) is 0.304. The van der Waals surface area contributed by atoms with E-state index in [2.05, 4.69) is 23.2 Å². The molecule has 3 N–H and O–H groups in total. The number of benzene rings is 3.